The maximum absolute atomic E-state index is 13.5. The number of aromatic nitrogens is 1. The van der Waals surface area contributed by atoms with E-state index in [1.165, 1.54) is 35.6 Å². The first-order valence-corrected chi connectivity index (χ1v) is 8.88. The van der Waals surface area contributed by atoms with E-state index in [-0.39, 0.29) is 5.82 Å². The summed E-state index contributed by atoms with van der Waals surface area (Å²) in [7, 11) is 1.59. The van der Waals surface area contributed by atoms with Crippen LogP contribution in [0.25, 0.3) is 10.2 Å². The number of hydrogen-bond donors (Lipinski definition) is 0. The molecule has 3 rings (SSSR count). The van der Waals surface area contributed by atoms with Crippen molar-refractivity contribution in [1.29, 1.82) is 0 Å². The number of amides is 1. The number of carbonyl (C=O) groups excluding carboxylic acids is 1. The van der Waals surface area contributed by atoms with Gasteiger partial charge in [-0.25, -0.2) is 4.39 Å². The van der Waals surface area contributed by atoms with Crippen LogP contribution in [0.3, 0.4) is 0 Å². The van der Waals surface area contributed by atoms with Crippen LogP contribution in [0.4, 0.5) is 4.39 Å². The van der Waals surface area contributed by atoms with Crippen molar-refractivity contribution in [3.63, 3.8) is 0 Å². The summed E-state index contributed by atoms with van der Waals surface area (Å²) in [6, 6.07) is 9.01. The molecule has 1 heterocycles. The summed E-state index contributed by atoms with van der Waals surface area (Å²) in [4.78, 5) is 17.1. The van der Waals surface area contributed by atoms with E-state index in [4.69, 9.17) is 27.9 Å². The Morgan fingerprint density at radius 1 is 1.24 bits per heavy atom. The van der Waals surface area contributed by atoms with Gasteiger partial charge in [-0.05, 0) is 36.4 Å². The number of thiazole rings is 1. The van der Waals surface area contributed by atoms with E-state index in [1.54, 1.807) is 19.2 Å². The molecule has 0 N–H and O–H groups in total. The number of nitrogens with zero attached hydrogens (tertiary/aromatic N) is 2. The van der Waals surface area contributed by atoms with Crippen molar-refractivity contribution in [3.8, 4) is 0 Å². The van der Waals surface area contributed by atoms with Crippen LogP contribution in [-0.2, 0) is 11.3 Å². The van der Waals surface area contributed by atoms with Crippen LogP contribution in [0.15, 0.2) is 41.4 Å². The third-order valence-corrected chi connectivity index (χ3v) is 4.95. The molecular formula is C17H13Cl2FN2O2S. The molecule has 0 aliphatic carbocycles. The van der Waals surface area contributed by atoms with Crippen molar-refractivity contribution >= 4 is 50.7 Å². The number of fused-ring (bicyclic) bond motifs is 1. The van der Waals surface area contributed by atoms with Gasteiger partial charge >= 0.3 is 0 Å². The van der Waals surface area contributed by atoms with E-state index in [0.717, 1.165) is 5.52 Å². The molecule has 0 fully saturated rings. The quantitative estimate of drug-likeness (QED) is 0.647. The van der Waals surface area contributed by atoms with Crippen molar-refractivity contribution < 1.29 is 13.9 Å². The number of rotatable bonds is 4. The van der Waals surface area contributed by atoms with Crippen LogP contribution in [0.2, 0.25) is 10.0 Å². The first-order valence-electron chi connectivity index (χ1n) is 7.31. The van der Waals surface area contributed by atoms with E-state index in [9.17, 15) is 9.18 Å². The SMILES string of the molecule is COCCn1c(=NC(=O)c2cc(Cl)cc(Cl)c2)sc2cc(F)ccc21. The lowest BCUT2D eigenvalue weighted by Crippen LogP contribution is -2.19. The Morgan fingerprint density at radius 2 is 1.96 bits per heavy atom. The monoisotopic (exact) mass is 398 g/mol. The van der Waals surface area contributed by atoms with Gasteiger partial charge in [-0.2, -0.15) is 4.99 Å². The molecule has 0 aliphatic heterocycles. The Hall–Kier alpha value is -1.73. The van der Waals surface area contributed by atoms with Gasteiger partial charge in [0.1, 0.15) is 5.82 Å². The number of halogens is 3. The first-order chi connectivity index (χ1) is 12.0. The van der Waals surface area contributed by atoms with Crippen LogP contribution in [0.5, 0.6) is 0 Å². The molecule has 8 heteroatoms. The second-order valence-corrected chi connectivity index (χ2v) is 7.10. The molecule has 0 saturated heterocycles. The predicted octanol–water partition coefficient (Wildman–Crippen LogP) is 4.54. The standard InChI is InChI=1S/C17H13Cl2FN2O2S/c1-24-5-4-22-14-3-2-13(20)9-15(14)25-17(22)21-16(23)10-6-11(18)8-12(19)7-10/h2-3,6-9H,4-5H2,1H3. The summed E-state index contributed by atoms with van der Waals surface area (Å²) >= 11 is 13.1. The second-order valence-electron chi connectivity index (χ2n) is 5.22. The minimum absolute atomic E-state index is 0.291. The highest BCUT2D eigenvalue weighted by atomic mass is 35.5. The highest BCUT2D eigenvalue weighted by Gasteiger charge is 2.11. The molecule has 25 heavy (non-hydrogen) atoms. The fourth-order valence-corrected chi connectivity index (χ4v) is 3.97. The van der Waals surface area contributed by atoms with E-state index >= 15 is 0 Å². The normalized spacial score (nSPS) is 12.1. The summed E-state index contributed by atoms with van der Waals surface area (Å²) in [5, 5.41) is 0.716. The number of benzene rings is 2. The molecule has 0 unspecified atom stereocenters. The molecule has 3 aromatic rings. The maximum atomic E-state index is 13.5. The highest BCUT2D eigenvalue weighted by molar-refractivity contribution is 7.16. The van der Waals surface area contributed by atoms with Crippen molar-refractivity contribution in [2.24, 2.45) is 4.99 Å². The van der Waals surface area contributed by atoms with Gasteiger partial charge < -0.3 is 9.30 Å². The highest BCUT2D eigenvalue weighted by Crippen LogP contribution is 2.21. The minimum Gasteiger partial charge on any atom is -0.383 e. The Labute approximate surface area is 157 Å². The van der Waals surface area contributed by atoms with Crippen molar-refractivity contribution in [3.05, 3.63) is 62.6 Å². The van der Waals surface area contributed by atoms with Crippen LogP contribution in [-0.4, -0.2) is 24.2 Å². The molecule has 130 valence electrons. The minimum atomic E-state index is -0.470. The predicted molar refractivity (Wildman–Crippen MR) is 98.0 cm³/mol. The number of methoxy groups -OCH3 is 1. The van der Waals surface area contributed by atoms with Crippen LogP contribution >= 0.6 is 34.5 Å². The zero-order valence-electron chi connectivity index (χ0n) is 13.1. The molecule has 0 atom stereocenters. The summed E-state index contributed by atoms with van der Waals surface area (Å²) in [6.07, 6.45) is 0. The van der Waals surface area contributed by atoms with Gasteiger partial charge in [0.15, 0.2) is 4.80 Å². The van der Waals surface area contributed by atoms with E-state index < -0.39 is 5.91 Å². The van der Waals surface area contributed by atoms with Gasteiger partial charge in [-0.3, -0.25) is 4.79 Å². The van der Waals surface area contributed by atoms with Gasteiger partial charge in [0.2, 0.25) is 0 Å². The van der Waals surface area contributed by atoms with Crippen LogP contribution in [0, 0.1) is 5.82 Å². The number of hydrogen-bond acceptors (Lipinski definition) is 3. The zero-order chi connectivity index (χ0) is 18.0. The lowest BCUT2D eigenvalue weighted by atomic mass is 10.2. The topological polar surface area (TPSA) is 43.6 Å². The Morgan fingerprint density at radius 3 is 2.64 bits per heavy atom. The van der Waals surface area contributed by atoms with Gasteiger partial charge in [0.25, 0.3) is 5.91 Å². The molecule has 0 spiro atoms. The van der Waals surface area contributed by atoms with Crippen molar-refractivity contribution in [2.45, 2.75) is 6.54 Å². The summed E-state index contributed by atoms with van der Waals surface area (Å²) in [5.41, 5.74) is 1.08. The molecule has 1 amide bonds. The Balaban J connectivity index is 2.12. The van der Waals surface area contributed by atoms with Crippen molar-refractivity contribution in [2.75, 3.05) is 13.7 Å². The molecule has 0 saturated carbocycles. The van der Waals surface area contributed by atoms with E-state index in [2.05, 4.69) is 4.99 Å². The second kappa shape index (κ2) is 7.66. The van der Waals surface area contributed by atoms with E-state index in [1.807, 2.05) is 4.57 Å². The number of ether oxygens (including phenoxy) is 1. The maximum Gasteiger partial charge on any atom is 0.279 e. The molecule has 0 radical (unpaired) electrons. The Kier molecular flexibility index (Phi) is 5.54. The third kappa shape index (κ3) is 4.10. The van der Waals surface area contributed by atoms with Crippen molar-refractivity contribution in [1.82, 2.24) is 4.57 Å². The first kappa shape index (κ1) is 18.1. The van der Waals surface area contributed by atoms with Crippen LogP contribution < -0.4 is 4.80 Å². The average molecular weight is 399 g/mol. The van der Waals surface area contributed by atoms with Gasteiger partial charge in [0, 0.05) is 29.3 Å². The lowest BCUT2D eigenvalue weighted by Gasteiger charge is -2.04. The molecule has 4 nitrogen and oxygen atoms in total. The van der Waals surface area contributed by atoms with Gasteiger partial charge in [-0.15, -0.1) is 0 Å². The molecule has 0 aliphatic rings. The number of carbonyl (C=O) groups is 1. The summed E-state index contributed by atoms with van der Waals surface area (Å²) in [6.45, 7) is 0.929. The molecule has 0 bridgehead atoms. The van der Waals surface area contributed by atoms with Gasteiger partial charge in [-0.1, -0.05) is 34.5 Å². The Bertz CT molecular complexity index is 993. The van der Waals surface area contributed by atoms with E-state index in [0.29, 0.717) is 38.3 Å². The molecular weight excluding hydrogens is 386 g/mol. The average Bonchev–Trinajstić information content (AvgIpc) is 2.88. The lowest BCUT2D eigenvalue weighted by molar-refractivity contribution is 0.0997. The molecule has 1 aromatic heterocycles. The van der Waals surface area contributed by atoms with Crippen LogP contribution in [0.1, 0.15) is 10.4 Å². The third-order valence-electron chi connectivity index (χ3n) is 3.47. The zero-order valence-corrected chi connectivity index (χ0v) is 15.5. The van der Waals surface area contributed by atoms with Gasteiger partial charge in [0.05, 0.1) is 16.8 Å². The largest absolute Gasteiger partial charge is 0.383 e. The smallest absolute Gasteiger partial charge is 0.279 e. The summed E-state index contributed by atoms with van der Waals surface area (Å²) < 4.78 is 21.1. The fraction of sp³-hybridized carbons (Fsp3) is 0.176. The molecule has 2 aromatic carbocycles. The fourth-order valence-electron chi connectivity index (χ4n) is 2.36. The summed E-state index contributed by atoms with van der Waals surface area (Å²) in [5.74, 6) is -0.810.